The lowest BCUT2D eigenvalue weighted by Crippen LogP contribution is -2.41. The molecule has 1 saturated heterocycles. The van der Waals surface area contributed by atoms with E-state index in [1.165, 1.54) is 11.8 Å². The van der Waals surface area contributed by atoms with Gasteiger partial charge in [-0.25, -0.2) is 9.48 Å². The fourth-order valence-corrected chi connectivity index (χ4v) is 4.37. The summed E-state index contributed by atoms with van der Waals surface area (Å²) in [5.74, 6) is -1.05. The van der Waals surface area contributed by atoms with Crippen LogP contribution in [0.4, 0.5) is 0 Å². The van der Waals surface area contributed by atoms with Gasteiger partial charge in [0.1, 0.15) is 0 Å². The first-order valence-electron chi connectivity index (χ1n) is 11.2. The molecule has 3 heterocycles. The van der Waals surface area contributed by atoms with Gasteiger partial charge in [0.05, 0.1) is 30.7 Å². The maximum atomic E-state index is 12.8. The van der Waals surface area contributed by atoms with Crippen LogP contribution in [-0.4, -0.2) is 50.0 Å². The molecule has 9 heteroatoms. The normalized spacial score (nSPS) is 15.9. The third-order valence-electron chi connectivity index (χ3n) is 6.22. The predicted molar refractivity (Wildman–Crippen MR) is 121 cm³/mol. The molecule has 0 saturated carbocycles. The summed E-state index contributed by atoms with van der Waals surface area (Å²) in [6.45, 7) is 6.65. The number of nitrogens with one attached hydrogen (secondary N) is 1. The Morgan fingerprint density at radius 3 is 2.70 bits per heavy atom. The van der Waals surface area contributed by atoms with Crippen molar-refractivity contribution in [2.75, 3.05) is 13.1 Å². The number of hydrogen-bond acceptors (Lipinski definition) is 6. The second kappa shape index (κ2) is 9.99. The number of nitrogens with zero attached hydrogens (tertiary/aromatic N) is 4. The van der Waals surface area contributed by atoms with Crippen LogP contribution < -0.4 is 5.32 Å². The number of aromatic nitrogens is 3. The van der Waals surface area contributed by atoms with Crippen molar-refractivity contribution in [3.63, 3.8) is 0 Å². The summed E-state index contributed by atoms with van der Waals surface area (Å²) in [4.78, 5) is 26.2. The van der Waals surface area contributed by atoms with Crippen molar-refractivity contribution in [3.05, 3.63) is 70.9 Å². The highest BCUT2D eigenvalue weighted by Crippen LogP contribution is 2.22. The molecule has 9 nitrogen and oxygen atoms in total. The fourth-order valence-electron chi connectivity index (χ4n) is 4.37. The molecular weight excluding hydrogens is 422 g/mol. The van der Waals surface area contributed by atoms with Crippen molar-refractivity contribution in [1.82, 2.24) is 25.2 Å². The molecule has 1 aromatic carbocycles. The van der Waals surface area contributed by atoms with Gasteiger partial charge in [-0.05, 0) is 57.0 Å². The zero-order valence-electron chi connectivity index (χ0n) is 18.9. The zero-order valence-corrected chi connectivity index (χ0v) is 18.9. The third-order valence-corrected chi connectivity index (χ3v) is 6.22. The number of carbonyl (C=O) groups excluding carboxylic acids is 1. The molecule has 1 atom stereocenters. The molecule has 0 radical (unpaired) electrons. The Kier molecular flexibility index (Phi) is 6.88. The van der Waals surface area contributed by atoms with Crippen molar-refractivity contribution in [2.45, 2.75) is 45.8 Å². The SMILES string of the molecule is Cc1ccccc1C(C)NC(=O)C1CCN(Cc2cn(Cc3ccoc3C(=O)O)nn2)CC1. The van der Waals surface area contributed by atoms with Crippen LogP contribution in [-0.2, 0) is 17.9 Å². The lowest BCUT2D eigenvalue weighted by molar-refractivity contribution is -0.127. The number of furan rings is 1. The molecule has 3 aromatic rings. The second-order valence-electron chi connectivity index (χ2n) is 8.62. The van der Waals surface area contributed by atoms with Gasteiger partial charge in [-0.15, -0.1) is 5.10 Å². The molecule has 2 aromatic heterocycles. The van der Waals surface area contributed by atoms with E-state index < -0.39 is 5.97 Å². The molecule has 1 aliphatic heterocycles. The third kappa shape index (κ3) is 5.48. The minimum Gasteiger partial charge on any atom is -0.475 e. The molecule has 1 aliphatic rings. The number of likely N-dealkylation sites (tertiary alicyclic amines) is 1. The predicted octanol–water partition coefficient (Wildman–Crippen LogP) is 3.02. The summed E-state index contributed by atoms with van der Waals surface area (Å²) < 4.78 is 6.62. The standard InChI is InChI=1S/C24H29N5O4/c1-16-5-3-4-6-21(16)17(2)25-23(30)18-7-10-28(11-8-18)14-20-15-29(27-26-20)13-19-9-12-33-22(19)24(31)32/h3-6,9,12,15,17-18H,7-8,10-11,13-14H2,1-2H3,(H,25,30)(H,31,32). The molecule has 4 rings (SSSR count). The minimum atomic E-state index is -1.10. The van der Waals surface area contributed by atoms with E-state index in [9.17, 15) is 9.59 Å². The van der Waals surface area contributed by atoms with Gasteiger partial charge < -0.3 is 14.8 Å². The number of amides is 1. The first kappa shape index (κ1) is 22.7. The van der Waals surface area contributed by atoms with E-state index in [4.69, 9.17) is 9.52 Å². The molecule has 0 aliphatic carbocycles. The van der Waals surface area contributed by atoms with Crippen LogP contribution in [0.15, 0.2) is 47.2 Å². The molecule has 0 spiro atoms. The first-order valence-corrected chi connectivity index (χ1v) is 11.2. The van der Waals surface area contributed by atoms with Gasteiger partial charge in [-0.3, -0.25) is 9.69 Å². The minimum absolute atomic E-state index is 0.0105. The highest BCUT2D eigenvalue weighted by molar-refractivity contribution is 5.86. The fraction of sp³-hybridized carbons (Fsp3) is 0.417. The van der Waals surface area contributed by atoms with Crippen LogP contribution in [0.1, 0.15) is 58.7 Å². The first-order chi connectivity index (χ1) is 15.9. The Bertz CT molecular complexity index is 1110. The lowest BCUT2D eigenvalue weighted by Gasteiger charge is -2.31. The van der Waals surface area contributed by atoms with Gasteiger partial charge in [-0.1, -0.05) is 29.5 Å². The summed E-state index contributed by atoms with van der Waals surface area (Å²) in [5.41, 5.74) is 3.69. The maximum absolute atomic E-state index is 12.8. The number of carboxylic acids is 1. The topological polar surface area (TPSA) is 113 Å². The smallest absolute Gasteiger partial charge is 0.372 e. The van der Waals surface area contributed by atoms with E-state index in [0.717, 1.165) is 37.2 Å². The number of benzene rings is 1. The number of aromatic carboxylic acids is 1. The Labute approximate surface area is 192 Å². The largest absolute Gasteiger partial charge is 0.475 e. The Hall–Kier alpha value is -3.46. The molecule has 33 heavy (non-hydrogen) atoms. The van der Waals surface area contributed by atoms with Crippen molar-refractivity contribution in [3.8, 4) is 0 Å². The van der Waals surface area contributed by atoms with Crippen molar-refractivity contribution < 1.29 is 19.1 Å². The number of carbonyl (C=O) groups is 2. The van der Waals surface area contributed by atoms with E-state index in [-0.39, 0.29) is 30.2 Å². The molecule has 1 amide bonds. The number of carboxylic acid groups (broad SMARTS) is 1. The summed E-state index contributed by atoms with van der Waals surface area (Å²) in [6.07, 6.45) is 4.79. The van der Waals surface area contributed by atoms with Gasteiger partial charge in [0.2, 0.25) is 11.7 Å². The van der Waals surface area contributed by atoms with E-state index in [2.05, 4.69) is 39.6 Å². The van der Waals surface area contributed by atoms with Crippen LogP contribution in [0.5, 0.6) is 0 Å². The average Bonchev–Trinajstić information content (AvgIpc) is 3.44. The Morgan fingerprint density at radius 1 is 1.21 bits per heavy atom. The highest BCUT2D eigenvalue weighted by atomic mass is 16.4. The van der Waals surface area contributed by atoms with Crippen LogP contribution >= 0.6 is 0 Å². The zero-order chi connectivity index (χ0) is 23.4. The monoisotopic (exact) mass is 451 g/mol. The Morgan fingerprint density at radius 2 is 1.97 bits per heavy atom. The summed E-state index contributed by atoms with van der Waals surface area (Å²) in [5, 5.41) is 20.7. The Balaban J connectivity index is 1.26. The van der Waals surface area contributed by atoms with Crippen LogP contribution in [0.2, 0.25) is 0 Å². The summed E-state index contributed by atoms with van der Waals surface area (Å²) in [7, 11) is 0. The van der Waals surface area contributed by atoms with Gasteiger partial charge in [-0.2, -0.15) is 0 Å². The van der Waals surface area contributed by atoms with Crippen LogP contribution in [0, 0.1) is 12.8 Å². The highest BCUT2D eigenvalue weighted by Gasteiger charge is 2.26. The van der Waals surface area contributed by atoms with Crippen LogP contribution in [0.3, 0.4) is 0 Å². The molecular formula is C24H29N5O4. The van der Waals surface area contributed by atoms with Crippen molar-refractivity contribution in [2.24, 2.45) is 5.92 Å². The van der Waals surface area contributed by atoms with Crippen molar-refractivity contribution >= 4 is 11.9 Å². The van der Waals surface area contributed by atoms with Gasteiger partial charge >= 0.3 is 5.97 Å². The van der Waals surface area contributed by atoms with Crippen LogP contribution in [0.25, 0.3) is 0 Å². The van der Waals surface area contributed by atoms with E-state index >= 15 is 0 Å². The molecule has 0 bridgehead atoms. The molecule has 174 valence electrons. The molecule has 1 unspecified atom stereocenters. The average molecular weight is 452 g/mol. The van der Waals surface area contributed by atoms with Gasteiger partial charge in [0, 0.05) is 18.0 Å². The molecule has 1 fully saturated rings. The van der Waals surface area contributed by atoms with Gasteiger partial charge in [0.25, 0.3) is 0 Å². The molecule has 2 N–H and O–H groups in total. The maximum Gasteiger partial charge on any atom is 0.372 e. The van der Waals surface area contributed by atoms with Crippen molar-refractivity contribution in [1.29, 1.82) is 0 Å². The van der Waals surface area contributed by atoms with Gasteiger partial charge in [0.15, 0.2) is 0 Å². The van der Waals surface area contributed by atoms with E-state index in [0.29, 0.717) is 12.1 Å². The van der Waals surface area contributed by atoms with E-state index in [1.54, 1.807) is 10.7 Å². The number of hydrogen-bond donors (Lipinski definition) is 2. The lowest BCUT2D eigenvalue weighted by atomic mass is 9.94. The summed E-state index contributed by atoms with van der Waals surface area (Å²) in [6, 6.07) is 9.74. The number of rotatable bonds is 8. The quantitative estimate of drug-likeness (QED) is 0.541. The number of piperidine rings is 1. The summed E-state index contributed by atoms with van der Waals surface area (Å²) >= 11 is 0. The number of aryl methyl sites for hydroxylation is 1. The second-order valence-corrected chi connectivity index (χ2v) is 8.62. The van der Waals surface area contributed by atoms with E-state index in [1.807, 2.05) is 25.3 Å².